The van der Waals surface area contributed by atoms with Crippen molar-refractivity contribution in [2.75, 3.05) is 45.9 Å². The van der Waals surface area contributed by atoms with E-state index in [9.17, 15) is 4.79 Å². The molecule has 5 nitrogen and oxygen atoms in total. The summed E-state index contributed by atoms with van der Waals surface area (Å²) in [6.45, 7) is 6.36. The number of nitrogens with two attached hydrogens (primary N) is 1. The van der Waals surface area contributed by atoms with E-state index in [1.165, 1.54) is 12.8 Å². The monoisotopic (exact) mass is 269 g/mol. The summed E-state index contributed by atoms with van der Waals surface area (Å²) in [5.41, 5.74) is 5.45. The number of hydrogen-bond acceptors (Lipinski definition) is 4. The number of carbonyl (C=O) groups is 1. The van der Waals surface area contributed by atoms with Crippen molar-refractivity contribution in [1.29, 1.82) is 0 Å². The Balaban J connectivity index is 1.62. The minimum atomic E-state index is 0.296. The Hall–Kier alpha value is -0.650. The van der Waals surface area contributed by atoms with Gasteiger partial charge in [-0.3, -0.25) is 9.69 Å². The number of unbranched alkanes of at least 4 members (excludes halogenated alkanes) is 1. The molecule has 0 radical (unpaired) electrons. The first-order chi connectivity index (χ1) is 9.29. The van der Waals surface area contributed by atoms with Gasteiger partial charge < -0.3 is 15.4 Å². The van der Waals surface area contributed by atoms with E-state index in [4.69, 9.17) is 10.5 Å². The van der Waals surface area contributed by atoms with Crippen LogP contribution in [0.25, 0.3) is 0 Å². The van der Waals surface area contributed by atoms with E-state index in [0.717, 1.165) is 52.2 Å². The maximum Gasteiger partial charge on any atom is 0.222 e. The van der Waals surface area contributed by atoms with Crippen LogP contribution in [0.4, 0.5) is 0 Å². The molecular weight excluding hydrogens is 242 g/mol. The van der Waals surface area contributed by atoms with Crippen molar-refractivity contribution in [3.05, 3.63) is 0 Å². The van der Waals surface area contributed by atoms with Crippen LogP contribution in [-0.4, -0.2) is 67.7 Å². The number of hydrogen-bond donors (Lipinski definition) is 1. The fourth-order valence-corrected chi connectivity index (χ4v) is 2.83. The zero-order valence-electron chi connectivity index (χ0n) is 11.9. The van der Waals surface area contributed by atoms with Crippen molar-refractivity contribution < 1.29 is 9.53 Å². The Morgan fingerprint density at radius 3 is 2.63 bits per heavy atom. The second-order valence-electron chi connectivity index (χ2n) is 5.56. The second-order valence-corrected chi connectivity index (χ2v) is 5.56. The molecular formula is C14H27N3O2. The first-order valence-electron chi connectivity index (χ1n) is 7.61. The summed E-state index contributed by atoms with van der Waals surface area (Å²) in [5.74, 6) is 0.296. The lowest BCUT2D eigenvalue weighted by Gasteiger charge is -2.35. The molecule has 0 aromatic heterocycles. The van der Waals surface area contributed by atoms with Crippen LogP contribution in [-0.2, 0) is 9.53 Å². The van der Waals surface area contributed by atoms with Gasteiger partial charge in [-0.25, -0.2) is 0 Å². The third kappa shape index (κ3) is 4.75. The van der Waals surface area contributed by atoms with E-state index in [0.29, 0.717) is 25.0 Å². The average molecular weight is 269 g/mol. The number of nitrogens with zero attached hydrogens (tertiary/aromatic N) is 2. The van der Waals surface area contributed by atoms with Gasteiger partial charge in [0.2, 0.25) is 5.91 Å². The number of ether oxygens (including phenoxy) is 1. The lowest BCUT2D eigenvalue weighted by molar-refractivity contribution is -0.133. The van der Waals surface area contributed by atoms with Gasteiger partial charge in [0.25, 0.3) is 0 Å². The summed E-state index contributed by atoms with van der Waals surface area (Å²) < 4.78 is 5.66. The van der Waals surface area contributed by atoms with Crippen LogP contribution in [0.2, 0.25) is 0 Å². The lowest BCUT2D eigenvalue weighted by atomic mass is 10.2. The topological polar surface area (TPSA) is 58.8 Å². The highest BCUT2D eigenvalue weighted by atomic mass is 16.5. The van der Waals surface area contributed by atoms with Crippen LogP contribution in [0, 0.1) is 0 Å². The maximum absolute atomic E-state index is 12.0. The van der Waals surface area contributed by atoms with Crippen molar-refractivity contribution in [2.24, 2.45) is 5.73 Å². The van der Waals surface area contributed by atoms with Crippen molar-refractivity contribution in [1.82, 2.24) is 9.80 Å². The minimum Gasteiger partial charge on any atom is -0.377 e. The molecule has 2 rings (SSSR count). The molecule has 110 valence electrons. The second kappa shape index (κ2) is 7.82. The summed E-state index contributed by atoms with van der Waals surface area (Å²) >= 11 is 0. The molecule has 2 aliphatic rings. The van der Waals surface area contributed by atoms with Crippen LogP contribution in [0.5, 0.6) is 0 Å². The molecule has 2 N–H and O–H groups in total. The minimum absolute atomic E-state index is 0.296. The predicted molar refractivity (Wildman–Crippen MR) is 74.9 cm³/mol. The van der Waals surface area contributed by atoms with Gasteiger partial charge >= 0.3 is 0 Å². The van der Waals surface area contributed by atoms with Crippen LogP contribution < -0.4 is 5.73 Å². The van der Waals surface area contributed by atoms with Crippen molar-refractivity contribution in [3.63, 3.8) is 0 Å². The fraction of sp³-hybridized carbons (Fsp3) is 0.929. The summed E-state index contributed by atoms with van der Waals surface area (Å²) in [4.78, 5) is 16.4. The fourth-order valence-electron chi connectivity index (χ4n) is 2.83. The predicted octanol–water partition coefficient (Wildman–Crippen LogP) is 0.439. The molecule has 0 spiro atoms. The molecule has 0 aliphatic carbocycles. The molecule has 2 heterocycles. The third-order valence-corrected chi connectivity index (χ3v) is 4.06. The molecule has 0 bridgehead atoms. The summed E-state index contributed by atoms with van der Waals surface area (Å²) in [5, 5.41) is 0. The smallest absolute Gasteiger partial charge is 0.222 e. The highest BCUT2D eigenvalue weighted by Crippen LogP contribution is 2.14. The zero-order chi connectivity index (χ0) is 13.5. The summed E-state index contributed by atoms with van der Waals surface area (Å²) in [6.07, 6.45) is 5.34. The Morgan fingerprint density at radius 2 is 2.00 bits per heavy atom. The van der Waals surface area contributed by atoms with Gasteiger partial charge in [0.15, 0.2) is 0 Å². The first-order valence-corrected chi connectivity index (χ1v) is 7.61. The highest BCUT2D eigenvalue weighted by Gasteiger charge is 2.24. The Bertz CT molecular complexity index is 272. The molecule has 2 fully saturated rings. The summed E-state index contributed by atoms with van der Waals surface area (Å²) in [7, 11) is 0. The largest absolute Gasteiger partial charge is 0.377 e. The maximum atomic E-state index is 12.0. The molecule has 1 atom stereocenters. The van der Waals surface area contributed by atoms with E-state index in [1.54, 1.807) is 0 Å². The Labute approximate surface area is 116 Å². The molecule has 5 heteroatoms. The van der Waals surface area contributed by atoms with Gasteiger partial charge in [-0.2, -0.15) is 0 Å². The highest BCUT2D eigenvalue weighted by molar-refractivity contribution is 5.76. The van der Waals surface area contributed by atoms with Crippen molar-refractivity contribution in [3.8, 4) is 0 Å². The molecule has 0 aromatic carbocycles. The van der Waals surface area contributed by atoms with Crippen LogP contribution in [0.3, 0.4) is 0 Å². The normalized spacial score (nSPS) is 24.9. The molecule has 0 aromatic rings. The zero-order valence-corrected chi connectivity index (χ0v) is 11.9. The molecule has 1 amide bonds. The lowest BCUT2D eigenvalue weighted by Crippen LogP contribution is -2.50. The van der Waals surface area contributed by atoms with Crippen molar-refractivity contribution >= 4 is 5.91 Å². The van der Waals surface area contributed by atoms with Crippen molar-refractivity contribution in [2.45, 2.75) is 38.2 Å². The first kappa shape index (κ1) is 14.8. The van der Waals surface area contributed by atoms with Gasteiger partial charge in [0.05, 0.1) is 6.10 Å². The molecule has 2 saturated heterocycles. The third-order valence-electron chi connectivity index (χ3n) is 4.06. The Morgan fingerprint density at radius 1 is 1.21 bits per heavy atom. The van der Waals surface area contributed by atoms with Gasteiger partial charge in [0, 0.05) is 45.8 Å². The van der Waals surface area contributed by atoms with E-state index >= 15 is 0 Å². The van der Waals surface area contributed by atoms with Gasteiger partial charge in [-0.15, -0.1) is 0 Å². The SMILES string of the molecule is NCCCCC(=O)N1CCN(CC2CCCO2)CC1. The van der Waals surface area contributed by atoms with Crippen LogP contribution in [0.1, 0.15) is 32.1 Å². The van der Waals surface area contributed by atoms with Gasteiger partial charge in [0.1, 0.15) is 0 Å². The summed E-state index contributed by atoms with van der Waals surface area (Å²) in [6, 6.07) is 0. The molecule has 0 saturated carbocycles. The van der Waals surface area contributed by atoms with E-state index < -0.39 is 0 Å². The Kier molecular flexibility index (Phi) is 6.07. The number of amides is 1. The number of carbonyl (C=O) groups excluding carboxylic acids is 1. The average Bonchev–Trinajstić information content (AvgIpc) is 2.93. The number of rotatable bonds is 6. The standard InChI is InChI=1S/C14H27N3O2/c15-6-2-1-5-14(18)17-9-7-16(8-10-17)12-13-4-3-11-19-13/h13H,1-12,15H2. The van der Waals surface area contributed by atoms with Crippen LogP contribution >= 0.6 is 0 Å². The molecule has 19 heavy (non-hydrogen) atoms. The quantitative estimate of drug-likeness (QED) is 0.711. The molecule has 2 aliphatic heterocycles. The molecule has 1 unspecified atom stereocenters. The van der Waals surface area contributed by atoms with E-state index in [-0.39, 0.29) is 0 Å². The van der Waals surface area contributed by atoms with Crippen LogP contribution in [0.15, 0.2) is 0 Å². The van der Waals surface area contributed by atoms with Gasteiger partial charge in [-0.1, -0.05) is 0 Å². The van der Waals surface area contributed by atoms with E-state index in [2.05, 4.69) is 4.90 Å². The number of piperazine rings is 1. The van der Waals surface area contributed by atoms with E-state index in [1.807, 2.05) is 4.90 Å². The van der Waals surface area contributed by atoms with Gasteiger partial charge in [-0.05, 0) is 32.2 Å².